The van der Waals surface area contributed by atoms with Crippen LogP contribution in [-0.2, 0) is 16.2 Å². The Labute approximate surface area is 509 Å². The minimum Gasteiger partial charge on any atom is -0.354 e. The smallest absolute Gasteiger partial charge is 0.0742 e. The van der Waals surface area contributed by atoms with Gasteiger partial charge in [0.05, 0.1) is 27.9 Å². The first-order chi connectivity index (χ1) is 43.0. The van der Waals surface area contributed by atoms with Crippen molar-refractivity contribution in [3.63, 3.8) is 0 Å². The molecule has 2 heteroatoms. The van der Waals surface area contributed by atoms with Crippen LogP contribution in [0.1, 0.15) is 69.5 Å². The molecule has 0 bridgehead atoms. The number of nitrogens with zero attached hydrogens (tertiary/aromatic N) is 1. The summed E-state index contributed by atoms with van der Waals surface area (Å²) in [7, 11) is 0. The lowest BCUT2D eigenvalue weighted by Gasteiger charge is -2.47. The zero-order valence-corrected chi connectivity index (χ0v) is 48.5. The Hall–Kier alpha value is -10.8. The number of benzene rings is 14. The average molecular weight is 1110 g/mol. The van der Waals surface area contributed by atoms with E-state index >= 15 is 0 Å². The van der Waals surface area contributed by atoms with Crippen molar-refractivity contribution in [2.75, 3.05) is 10.2 Å². The van der Waals surface area contributed by atoms with Gasteiger partial charge in [0.2, 0.25) is 0 Å². The summed E-state index contributed by atoms with van der Waals surface area (Å²) in [6.07, 6.45) is 0. The lowest BCUT2D eigenvalue weighted by atomic mass is 9.62. The highest BCUT2D eigenvalue weighted by Crippen LogP contribution is 2.62. The standard InChI is InChI=1S/C85H60N2/c1-83(2)72-48-19-18-39-63(72)66-44-26-47-69(80(66)83)79-64-42-24-40-61(67-45-27-51-75-81(67)86-77-53-22-20-49-73(77)84(75,56-29-8-3-9-30-56)57-31-10-4-11-32-57)70(64)55-71-62(41-25-43-65(71)79)68-46-28-52-76-82(68)87(60-37-16-7-17-38-60)78-54-23-21-50-74(78)85(76,58-33-12-5-13-34-58)59-35-14-6-15-36-59/h3-55,86H,1-2H3. The Balaban J connectivity index is 1.01. The van der Waals surface area contributed by atoms with Gasteiger partial charge < -0.3 is 10.2 Å². The largest absolute Gasteiger partial charge is 0.354 e. The molecule has 2 aliphatic heterocycles. The molecule has 1 N–H and O–H groups in total. The molecule has 0 amide bonds. The van der Waals surface area contributed by atoms with Gasteiger partial charge in [-0.05, 0) is 141 Å². The molecular formula is C85H60N2. The molecule has 17 rings (SSSR count). The molecule has 1 aliphatic carbocycles. The minimum absolute atomic E-state index is 0.277. The molecule has 87 heavy (non-hydrogen) atoms. The molecule has 14 aromatic rings. The van der Waals surface area contributed by atoms with Crippen LogP contribution in [0.3, 0.4) is 0 Å². The molecular weight excluding hydrogens is 1050 g/mol. The quantitative estimate of drug-likeness (QED) is 0.153. The Morgan fingerprint density at radius 1 is 0.287 bits per heavy atom. The fraction of sp³-hybridized carbons (Fsp3) is 0.0588. The number of fused-ring (bicyclic) bond motifs is 9. The fourth-order valence-electron chi connectivity index (χ4n) is 16.1. The van der Waals surface area contributed by atoms with E-state index < -0.39 is 10.8 Å². The van der Waals surface area contributed by atoms with Crippen molar-refractivity contribution in [3.8, 4) is 44.5 Å². The Morgan fingerprint density at radius 2 is 0.701 bits per heavy atom. The Morgan fingerprint density at radius 3 is 1.32 bits per heavy atom. The molecule has 0 spiro atoms. The monoisotopic (exact) mass is 1110 g/mol. The van der Waals surface area contributed by atoms with Crippen molar-refractivity contribution < 1.29 is 0 Å². The van der Waals surface area contributed by atoms with Crippen molar-refractivity contribution in [2.45, 2.75) is 30.1 Å². The van der Waals surface area contributed by atoms with Crippen molar-refractivity contribution in [2.24, 2.45) is 0 Å². The summed E-state index contributed by atoms with van der Waals surface area (Å²) in [4.78, 5) is 2.55. The van der Waals surface area contributed by atoms with Gasteiger partial charge >= 0.3 is 0 Å². The van der Waals surface area contributed by atoms with Crippen LogP contribution in [0.25, 0.3) is 66.1 Å². The SMILES string of the molecule is CC1(C)c2ccccc2-c2cccc(-c3c4cccc(-c5cccc6c5Nc5ccccc5C6(c5ccccc5)c5ccccc5)c4cc4c(-c5cccc6c5N(c5ccccc5)c5ccccc5C6(c5ccccc5)c5ccccc5)cccc34)c21. The van der Waals surface area contributed by atoms with Gasteiger partial charge in [0, 0.05) is 27.9 Å². The molecule has 3 aliphatic rings. The second-order valence-electron chi connectivity index (χ2n) is 24.2. The predicted molar refractivity (Wildman–Crippen MR) is 363 cm³/mol. The third-order valence-electron chi connectivity index (χ3n) is 19.6. The number of nitrogens with one attached hydrogen (secondary N) is 1. The summed E-state index contributed by atoms with van der Waals surface area (Å²) >= 11 is 0. The highest BCUT2D eigenvalue weighted by molar-refractivity contribution is 6.21. The zero-order chi connectivity index (χ0) is 57.8. The maximum Gasteiger partial charge on any atom is 0.0742 e. The Kier molecular flexibility index (Phi) is 11.4. The molecule has 0 radical (unpaired) electrons. The second-order valence-corrected chi connectivity index (χ2v) is 24.2. The number of para-hydroxylation sites is 5. The average Bonchev–Trinajstić information content (AvgIpc) is 1.19. The third kappa shape index (κ3) is 7.22. The molecule has 0 fully saturated rings. The summed E-state index contributed by atoms with van der Waals surface area (Å²) in [5, 5.41) is 8.94. The summed E-state index contributed by atoms with van der Waals surface area (Å²) in [6, 6.07) is 121. The van der Waals surface area contributed by atoms with Crippen LogP contribution in [0.15, 0.2) is 322 Å². The van der Waals surface area contributed by atoms with E-state index in [9.17, 15) is 0 Å². The van der Waals surface area contributed by atoms with Crippen molar-refractivity contribution >= 4 is 50.0 Å². The van der Waals surface area contributed by atoms with Crippen LogP contribution in [0.2, 0.25) is 0 Å². The first-order valence-electron chi connectivity index (χ1n) is 30.5. The van der Waals surface area contributed by atoms with Crippen molar-refractivity contribution in [3.05, 3.63) is 377 Å². The third-order valence-corrected chi connectivity index (χ3v) is 19.6. The maximum absolute atomic E-state index is 4.13. The lowest BCUT2D eigenvalue weighted by molar-refractivity contribution is 0.662. The number of hydrogen-bond donors (Lipinski definition) is 1. The van der Waals surface area contributed by atoms with Crippen molar-refractivity contribution in [1.82, 2.24) is 0 Å². The van der Waals surface area contributed by atoms with E-state index in [2.05, 4.69) is 346 Å². The van der Waals surface area contributed by atoms with Gasteiger partial charge in [-0.25, -0.2) is 0 Å². The normalized spacial score (nSPS) is 14.4. The van der Waals surface area contributed by atoms with Crippen LogP contribution in [0, 0.1) is 0 Å². The molecule has 14 aromatic carbocycles. The molecule has 2 heterocycles. The van der Waals surface area contributed by atoms with E-state index in [0.29, 0.717) is 0 Å². The van der Waals surface area contributed by atoms with Gasteiger partial charge in [0.25, 0.3) is 0 Å². The van der Waals surface area contributed by atoms with Gasteiger partial charge in [0.15, 0.2) is 0 Å². The van der Waals surface area contributed by atoms with Crippen molar-refractivity contribution in [1.29, 1.82) is 0 Å². The second kappa shape index (κ2) is 19.6. The first kappa shape index (κ1) is 50.7. The highest BCUT2D eigenvalue weighted by atomic mass is 15.2. The Bertz CT molecular complexity index is 4950. The lowest BCUT2D eigenvalue weighted by Crippen LogP contribution is -2.38. The van der Waals surface area contributed by atoms with Gasteiger partial charge in [-0.3, -0.25) is 0 Å². The number of anilines is 5. The van der Waals surface area contributed by atoms with E-state index in [1.807, 2.05) is 0 Å². The number of rotatable bonds is 8. The summed E-state index contributed by atoms with van der Waals surface area (Å²) in [5.41, 5.74) is 26.3. The highest BCUT2D eigenvalue weighted by Gasteiger charge is 2.48. The molecule has 0 unspecified atom stereocenters. The van der Waals surface area contributed by atoms with Crippen LogP contribution < -0.4 is 10.2 Å². The molecule has 410 valence electrons. The van der Waals surface area contributed by atoms with Crippen LogP contribution in [0.5, 0.6) is 0 Å². The van der Waals surface area contributed by atoms with Gasteiger partial charge in [0.1, 0.15) is 0 Å². The van der Waals surface area contributed by atoms with E-state index in [0.717, 1.165) is 39.6 Å². The zero-order valence-electron chi connectivity index (χ0n) is 48.5. The molecule has 0 saturated carbocycles. The summed E-state index contributed by atoms with van der Waals surface area (Å²) in [6.45, 7) is 4.85. The fourth-order valence-corrected chi connectivity index (χ4v) is 16.1. The minimum atomic E-state index is -0.677. The molecule has 0 aromatic heterocycles. The van der Waals surface area contributed by atoms with Gasteiger partial charge in [-0.1, -0.05) is 305 Å². The maximum atomic E-state index is 4.13. The predicted octanol–water partition coefficient (Wildman–Crippen LogP) is 21.9. The van der Waals surface area contributed by atoms with E-state index in [-0.39, 0.29) is 5.41 Å². The topological polar surface area (TPSA) is 15.3 Å². The van der Waals surface area contributed by atoms with Crippen LogP contribution >= 0.6 is 0 Å². The van der Waals surface area contributed by atoms with Crippen LogP contribution in [0.4, 0.5) is 28.4 Å². The summed E-state index contributed by atoms with van der Waals surface area (Å²) < 4.78 is 0. The van der Waals surface area contributed by atoms with E-state index in [1.165, 1.54) is 111 Å². The van der Waals surface area contributed by atoms with E-state index in [1.54, 1.807) is 0 Å². The van der Waals surface area contributed by atoms with Gasteiger partial charge in [-0.15, -0.1) is 0 Å². The molecule has 0 saturated heterocycles. The van der Waals surface area contributed by atoms with Crippen LogP contribution in [-0.4, -0.2) is 0 Å². The van der Waals surface area contributed by atoms with Gasteiger partial charge in [-0.2, -0.15) is 0 Å². The number of hydrogen-bond acceptors (Lipinski definition) is 2. The first-order valence-corrected chi connectivity index (χ1v) is 30.5. The molecule has 0 atom stereocenters. The molecule has 2 nitrogen and oxygen atoms in total. The summed E-state index contributed by atoms with van der Waals surface area (Å²) in [5.74, 6) is 0. The van der Waals surface area contributed by atoms with E-state index in [4.69, 9.17) is 0 Å².